The molecular weight excluding hydrogens is 456 g/mol. The molecule has 0 fully saturated rings. The van der Waals surface area contributed by atoms with E-state index in [0.717, 1.165) is 11.3 Å². The third kappa shape index (κ3) is 5.90. The molecule has 10 nitrogen and oxygen atoms in total. The van der Waals surface area contributed by atoms with Gasteiger partial charge in [0.2, 0.25) is 12.2 Å². The summed E-state index contributed by atoms with van der Waals surface area (Å²) in [4.78, 5) is 35.4. The van der Waals surface area contributed by atoms with Crippen LogP contribution in [0.4, 0.5) is 0 Å². The summed E-state index contributed by atoms with van der Waals surface area (Å²) in [6, 6.07) is 11.9. The highest BCUT2D eigenvalue weighted by Crippen LogP contribution is 2.36. The molecule has 10 heteroatoms. The van der Waals surface area contributed by atoms with Gasteiger partial charge >= 0.3 is 5.97 Å². The number of amides is 2. The maximum absolute atomic E-state index is 12.7. The molecule has 0 saturated carbocycles. The molecule has 0 saturated heterocycles. The second-order valence-corrected chi connectivity index (χ2v) is 7.74. The molecule has 3 aromatic rings. The fourth-order valence-corrected chi connectivity index (χ4v) is 3.63. The summed E-state index contributed by atoms with van der Waals surface area (Å²) < 4.78 is 21.5. The summed E-state index contributed by atoms with van der Waals surface area (Å²) in [6.45, 7) is 3.57. The van der Waals surface area contributed by atoms with Gasteiger partial charge in [0, 0.05) is 25.8 Å². The lowest BCUT2D eigenvalue weighted by atomic mass is 10.1. The lowest BCUT2D eigenvalue weighted by Crippen LogP contribution is -2.41. The zero-order valence-corrected chi connectivity index (χ0v) is 19.8. The second kappa shape index (κ2) is 11.9. The van der Waals surface area contributed by atoms with Crippen molar-refractivity contribution >= 4 is 29.3 Å². The van der Waals surface area contributed by atoms with Gasteiger partial charge in [-0.15, -0.1) is 0 Å². The molecule has 4 rings (SSSR count). The normalized spacial score (nSPS) is 14.8. The van der Waals surface area contributed by atoms with E-state index in [4.69, 9.17) is 23.7 Å². The summed E-state index contributed by atoms with van der Waals surface area (Å²) in [7, 11) is 3.18. The first-order chi connectivity index (χ1) is 16.9. The van der Waals surface area contributed by atoms with E-state index >= 15 is 0 Å². The molecule has 186 valence electrons. The van der Waals surface area contributed by atoms with Crippen molar-refractivity contribution in [3.63, 3.8) is 0 Å². The molecule has 2 amide bonds. The molecular formula is C25H28N2O8. The minimum Gasteiger partial charge on any atom is -0.496 e. The highest BCUT2D eigenvalue weighted by Gasteiger charge is 2.33. The van der Waals surface area contributed by atoms with Gasteiger partial charge in [0.1, 0.15) is 17.9 Å². The van der Waals surface area contributed by atoms with Gasteiger partial charge in [-0.1, -0.05) is 18.2 Å². The molecule has 0 spiro atoms. The van der Waals surface area contributed by atoms with Gasteiger partial charge in [0.25, 0.3) is 5.91 Å². The molecule has 35 heavy (non-hydrogen) atoms. The molecule has 1 aliphatic rings. The number of para-hydroxylation sites is 1. The molecule has 0 unspecified atom stereocenters. The van der Waals surface area contributed by atoms with Crippen LogP contribution in [-0.4, -0.2) is 68.3 Å². The van der Waals surface area contributed by atoms with Crippen LogP contribution in [0.1, 0.15) is 33.4 Å². The highest BCUT2D eigenvalue weighted by molar-refractivity contribution is 6.03. The van der Waals surface area contributed by atoms with Gasteiger partial charge in [-0.05, 0) is 31.2 Å². The lowest BCUT2D eigenvalue weighted by molar-refractivity contribution is -0.109. The summed E-state index contributed by atoms with van der Waals surface area (Å²) in [5.74, 6) is -0.0697. The van der Waals surface area contributed by atoms with Crippen molar-refractivity contribution in [3.8, 4) is 11.5 Å². The van der Waals surface area contributed by atoms with Crippen molar-refractivity contribution in [3.05, 3.63) is 59.4 Å². The topological polar surface area (TPSA) is 128 Å². The largest absolute Gasteiger partial charge is 0.496 e. The molecule has 0 radical (unpaired) electrons. The Morgan fingerprint density at radius 2 is 2.03 bits per heavy atom. The fourth-order valence-electron chi connectivity index (χ4n) is 3.63. The van der Waals surface area contributed by atoms with E-state index in [1.54, 1.807) is 25.2 Å². The Balaban J connectivity index is 0.000000241. The number of carboxylic acid groups (broad SMARTS) is 1. The van der Waals surface area contributed by atoms with Crippen LogP contribution in [-0.2, 0) is 16.1 Å². The van der Waals surface area contributed by atoms with E-state index in [9.17, 15) is 14.4 Å². The number of hydrogen-bond acceptors (Lipinski definition) is 7. The van der Waals surface area contributed by atoms with Gasteiger partial charge in [-0.3, -0.25) is 9.59 Å². The molecule has 2 heterocycles. The number of fused-ring (bicyclic) bond motifs is 3. The average molecular weight is 485 g/mol. The lowest BCUT2D eigenvalue weighted by Gasteiger charge is -2.25. The van der Waals surface area contributed by atoms with Crippen LogP contribution >= 0.6 is 0 Å². The van der Waals surface area contributed by atoms with Gasteiger partial charge < -0.3 is 34.0 Å². The Hall–Kier alpha value is -4.05. The second-order valence-electron chi connectivity index (χ2n) is 7.74. The molecule has 1 atom stereocenters. The van der Waals surface area contributed by atoms with E-state index in [-0.39, 0.29) is 23.3 Å². The average Bonchev–Trinajstić information content (AvgIpc) is 3.19. The Kier molecular flexibility index (Phi) is 8.69. The van der Waals surface area contributed by atoms with Gasteiger partial charge in [-0.2, -0.15) is 0 Å². The Labute approximate surface area is 202 Å². The fraction of sp³-hybridized carbons (Fsp3) is 0.320. The Morgan fingerprint density at radius 1 is 1.26 bits per heavy atom. The van der Waals surface area contributed by atoms with Crippen LogP contribution in [0.25, 0.3) is 11.0 Å². The van der Waals surface area contributed by atoms with Crippen LogP contribution < -0.4 is 14.8 Å². The number of hydrogen-bond donors (Lipinski definition) is 2. The Bertz CT molecular complexity index is 1190. The minimum absolute atomic E-state index is 0.0958. The van der Waals surface area contributed by atoms with E-state index in [2.05, 4.69) is 5.32 Å². The van der Waals surface area contributed by atoms with Crippen molar-refractivity contribution in [1.29, 1.82) is 0 Å². The predicted octanol–water partition coefficient (Wildman–Crippen LogP) is 2.94. The molecule has 0 aliphatic carbocycles. The van der Waals surface area contributed by atoms with E-state index in [0.29, 0.717) is 49.4 Å². The summed E-state index contributed by atoms with van der Waals surface area (Å²) in [5, 5.41) is 12.2. The molecule has 2 aromatic carbocycles. The molecule has 1 aliphatic heterocycles. The zero-order chi connectivity index (χ0) is 25.4. The van der Waals surface area contributed by atoms with E-state index in [1.165, 1.54) is 12.1 Å². The van der Waals surface area contributed by atoms with Crippen LogP contribution in [0.2, 0.25) is 0 Å². The van der Waals surface area contributed by atoms with Gasteiger partial charge in [0.05, 0.1) is 30.7 Å². The third-order valence-corrected chi connectivity index (χ3v) is 5.45. The number of carbonyl (C=O) groups excluding carboxylic acids is 2. The van der Waals surface area contributed by atoms with Crippen LogP contribution in [0.3, 0.4) is 0 Å². The Morgan fingerprint density at radius 3 is 2.71 bits per heavy atom. The number of aromatic carboxylic acids is 1. The van der Waals surface area contributed by atoms with Crippen LogP contribution in [0.15, 0.2) is 46.9 Å². The molecule has 0 bridgehead atoms. The van der Waals surface area contributed by atoms with Crippen molar-refractivity contribution in [2.24, 2.45) is 0 Å². The maximum atomic E-state index is 12.7. The number of ether oxygens (including phenoxy) is 3. The third-order valence-electron chi connectivity index (χ3n) is 5.45. The monoisotopic (exact) mass is 484 g/mol. The molecule has 1 aromatic heterocycles. The SMILES string of the molecule is COCCN1C(=O)c2oc3cc(C(=O)O)ccc3c2OC[C@H]1C.COc1ccccc1CNC=O. The number of nitrogens with one attached hydrogen (secondary N) is 1. The standard InChI is InChI=1S/C16H17NO6.C9H11NO2/c1-9-8-22-13-11-4-3-10(16(19)20)7-12(11)23-14(13)15(18)17(9)5-6-21-2;1-12-9-5-3-2-4-8(9)6-10-7-11/h3-4,7,9H,5-6,8H2,1-2H3,(H,19,20);2-5,7H,6H2,1H3,(H,10,11)/t9-;/m1./s1. The quantitative estimate of drug-likeness (QED) is 0.467. The summed E-state index contributed by atoms with van der Waals surface area (Å²) in [6.07, 6.45) is 0.673. The number of carbonyl (C=O) groups is 3. The first kappa shape index (κ1) is 25.6. The van der Waals surface area contributed by atoms with Crippen molar-refractivity contribution < 1.29 is 38.1 Å². The first-order valence-corrected chi connectivity index (χ1v) is 10.9. The number of furan rings is 1. The van der Waals surface area contributed by atoms with Crippen molar-refractivity contribution in [2.75, 3.05) is 34.0 Å². The van der Waals surface area contributed by atoms with Crippen LogP contribution in [0, 0.1) is 0 Å². The van der Waals surface area contributed by atoms with E-state index in [1.807, 2.05) is 31.2 Å². The first-order valence-electron chi connectivity index (χ1n) is 10.9. The summed E-state index contributed by atoms with van der Waals surface area (Å²) >= 11 is 0. The summed E-state index contributed by atoms with van der Waals surface area (Å²) in [5.41, 5.74) is 1.40. The van der Waals surface area contributed by atoms with E-state index < -0.39 is 5.97 Å². The van der Waals surface area contributed by atoms with Gasteiger partial charge in [-0.25, -0.2) is 4.79 Å². The zero-order valence-electron chi connectivity index (χ0n) is 19.8. The van der Waals surface area contributed by atoms with Crippen LogP contribution in [0.5, 0.6) is 11.5 Å². The number of methoxy groups -OCH3 is 2. The smallest absolute Gasteiger partial charge is 0.335 e. The van der Waals surface area contributed by atoms with Gasteiger partial charge in [0.15, 0.2) is 5.75 Å². The van der Waals surface area contributed by atoms with Crippen molar-refractivity contribution in [2.45, 2.75) is 19.5 Å². The maximum Gasteiger partial charge on any atom is 0.335 e. The minimum atomic E-state index is -1.05. The highest BCUT2D eigenvalue weighted by atomic mass is 16.5. The number of carboxylic acids is 1. The van der Waals surface area contributed by atoms with Crippen molar-refractivity contribution in [1.82, 2.24) is 10.2 Å². The predicted molar refractivity (Wildman–Crippen MR) is 127 cm³/mol. The number of rotatable bonds is 8. The number of benzene rings is 2. The molecule has 2 N–H and O–H groups in total. The number of nitrogens with zero attached hydrogens (tertiary/aromatic N) is 1.